The van der Waals surface area contributed by atoms with E-state index in [-0.39, 0.29) is 10.8 Å². The number of unbranched alkanes of at least 4 members (excludes halogenated alkanes) is 1. The minimum absolute atomic E-state index is 0.0229. The van der Waals surface area contributed by atoms with Crippen LogP contribution in [0.1, 0.15) is 39.5 Å². The van der Waals surface area contributed by atoms with Crippen molar-refractivity contribution < 1.29 is 18.1 Å². The molecule has 0 spiro atoms. The van der Waals surface area contributed by atoms with Gasteiger partial charge in [-0.25, -0.2) is 12.7 Å². The Hall–Kier alpha value is -1.44. The van der Waals surface area contributed by atoms with Crippen molar-refractivity contribution in [3.05, 3.63) is 24.3 Å². The van der Waals surface area contributed by atoms with Crippen LogP contribution in [0.3, 0.4) is 0 Å². The van der Waals surface area contributed by atoms with Crippen molar-refractivity contribution in [3.63, 3.8) is 0 Å². The van der Waals surface area contributed by atoms with Gasteiger partial charge in [0.05, 0.1) is 18.0 Å². The van der Waals surface area contributed by atoms with Gasteiger partial charge >= 0.3 is 0 Å². The number of anilines is 1. The van der Waals surface area contributed by atoms with Gasteiger partial charge in [0.15, 0.2) is 6.54 Å². The number of piperidine rings is 1. The quantitative estimate of drug-likeness (QED) is 0.713. The molecule has 1 amide bonds. The molecule has 1 aromatic carbocycles. The van der Waals surface area contributed by atoms with E-state index >= 15 is 0 Å². The summed E-state index contributed by atoms with van der Waals surface area (Å²) in [5.74, 6) is 0.733. The minimum Gasteiger partial charge on any atom is -0.327 e. The summed E-state index contributed by atoms with van der Waals surface area (Å²) in [5, 5.41) is 2.87. The molecule has 1 aromatic rings. The van der Waals surface area contributed by atoms with Gasteiger partial charge in [-0.1, -0.05) is 20.3 Å². The molecule has 1 aliphatic heterocycles. The van der Waals surface area contributed by atoms with E-state index in [4.69, 9.17) is 0 Å². The van der Waals surface area contributed by atoms with Crippen molar-refractivity contribution >= 4 is 21.6 Å². The molecule has 2 rings (SSSR count). The van der Waals surface area contributed by atoms with E-state index in [9.17, 15) is 13.2 Å². The number of likely N-dealkylation sites (tertiary alicyclic amines) is 1. The molecule has 26 heavy (non-hydrogen) atoms. The molecule has 0 saturated carbocycles. The average Bonchev–Trinajstić information content (AvgIpc) is 2.62. The highest BCUT2D eigenvalue weighted by Gasteiger charge is 2.22. The fraction of sp³-hybridized carbons (Fsp3) is 0.632. The summed E-state index contributed by atoms with van der Waals surface area (Å²) in [4.78, 5) is 13.8. The van der Waals surface area contributed by atoms with Gasteiger partial charge in [0.2, 0.25) is 10.0 Å². The van der Waals surface area contributed by atoms with Gasteiger partial charge in [-0.15, -0.1) is 0 Å². The van der Waals surface area contributed by atoms with Crippen molar-refractivity contribution in [1.29, 1.82) is 0 Å². The molecule has 0 aliphatic carbocycles. The van der Waals surface area contributed by atoms with Crippen molar-refractivity contribution in [2.45, 2.75) is 44.4 Å². The smallest absolute Gasteiger partial charge is 0.279 e. The molecule has 0 atom stereocenters. The molecule has 2 N–H and O–H groups in total. The van der Waals surface area contributed by atoms with Crippen LogP contribution in [-0.2, 0) is 14.8 Å². The Morgan fingerprint density at radius 2 is 1.85 bits per heavy atom. The van der Waals surface area contributed by atoms with E-state index in [0.717, 1.165) is 31.8 Å². The molecule has 0 radical (unpaired) electrons. The van der Waals surface area contributed by atoms with E-state index in [1.165, 1.54) is 22.0 Å². The van der Waals surface area contributed by atoms with E-state index in [0.29, 0.717) is 18.8 Å². The third kappa shape index (κ3) is 5.79. The molecule has 146 valence electrons. The molecule has 1 saturated heterocycles. The third-order valence-corrected chi connectivity index (χ3v) is 6.94. The Morgan fingerprint density at radius 1 is 1.23 bits per heavy atom. The highest BCUT2D eigenvalue weighted by Crippen LogP contribution is 2.18. The number of sulfonamides is 1. The lowest BCUT2D eigenvalue weighted by atomic mass is 9.99. The number of hydrogen-bond donors (Lipinski definition) is 2. The molecular formula is C19H32N3O3S+. The molecule has 0 unspecified atom stereocenters. The molecule has 0 bridgehead atoms. The first kappa shape index (κ1) is 20.9. The van der Waals surface area contributed by atoms with Crippen molar-refractivity contribution in [1.82, 2.24) is 4.31 Å². The second kappa shape index (κ2) is 9.48. The summed E-state index contributed by atoms with van der Waals surface area (Å²) in [7, 11) is -1.87. The number of benzene rings is 1. The maximum Gasteiger partial charge on any atom is 0.279 e. The fourth-order valence-corrected chi connectivity index (χ4v) is 4.38. The predicted octanol–water partition coefficient (Wildman–Crippen LogP) is 1.36. The highest BCUT2D eigenvalue weighted by molar-refractivity contribution is 7.89. The normalized spacial score (nSPS) is 20.9. The second-order valence-corrected chi connectivity index (χ2v) is 9.41. The van der Waals surface area contributed by atoms with Crippen LogP contribution in [-0.4, -0.2) is 51.9 Å². The van der Waals surface area contributed by atoms with E-state index in [1.807, 2.05) is 6.92 Å². The minimum atomic E-state index is -3.47. The summed E-state index contributed by atoms with van der Waals surface area (Å²) in [5.41, 5.74) is 0.634. The number of hydrogen-bond acceptors (Lipinski definition) is 3. The van der Waals surface area contributed by atoms with E-state index in [2.05, 4.69) is 12.2 Å². The van der Waals surface area contributed by atoms with Gasteiger partial charge in [0.1, 0.15) is 0 Å². The molecule has 0 aromatic heterocycles. The first-order valence-corrected chi connectivity index (χ1v) is 11.0. The van der Waals surface area contributed by atoms with Crippen LogP contribution >= 0.6 is 0 Å². The number of nitrogens with zero attached hydrogens (tertiary/aromatic N) is 1. The van der Waals surface area contributed by atoms with Crippen LogP contribution in [0.15, 0.2) is 29.2 Å². The molecule has 1 heterocycles. The number of carbonyl (C=O) groups is 1. The second-order valence-electron chi connectivity index (χ2n) is 7.36. The van der Waals surface area contributed by atoms with Gasteiger partial charge < -0.3 is 10.2 Å². The summed E-state index contributed by atoms with van der Waals surface area (Å²) >= 11 is 0. The summed E-state index contributed by atoms with van der Waals surface area (Å²) in [6.07, 6.45) is 4.12. The monoisotopic (exact) mass is 382 g/mol. The number of quaternary nitrogens is 1. The third-order valence-electron chi connectivity index (χ3n) is 5.06. The number of carbonyl (C=O) groups excluding carboxylic acids is 1. The van der Waals surface area contributed by atoms with Crippen LogP contribution in [0.4, 0.5) is 5.69 Å². The number of rotatable bonds is 8. The van der Waals surface area contributed by atoms with Gasteiger partial charge in [0.25, 0.3) is 5.91 Å². The molecule has 6 nitrogen and oxygen atoms in total. The Bertz CT molecular complexity index is 680. The Kier molecular flexibility index (Phi) is 7.61. The zero-order valence-electron chi connectivity index (χ0n) is 16.1. The highest BCUT2D eigenvalue weighted by atomic mass is 32.2. The lowest BCUT2D eigenvalue weighted by Crippen LogP contribution is -3.14. The van der Waals surface area contributed by atoms with Gasteiger partial charge in [0, 0.05) is 19.3 Å². The first-order chi connectivity index (χ1) is 12.3. The largest absolute Gasteiger partial charge is 0.327 e. The summed E-state index contributed by atoms with van der Waals surface area (Å²) in [6.45, 7) is 7.34. The Labute approximate surface area is 157 Å². The summed E-state index contributed by atoms with van der Waals surface area (Å²) in [6, 6.07) is 6.43. The zero-order chi connectivity index (χ0) is 19.2. The number of nitrogens with one attached hydrogen (secondary N) is 2. The maximum atomic E-state index is 12.5. The Balaban J connectivity index is 1.91. The van der Waals surface area contributed by atoms with Gasteiger partial charge in [-0.2, -0.15) is 0 Å². The zero-order valence-corrected chi connectivity index (χ0v) is 16.9. The van der Waals surface area contributed by atoms with E-state index in [1.54, 1.807) is 31.3 Å². The van der Waals surface area contributed by atoms with Gasteiger partial charge in [-0.05, 0) is 49.4 Å². The van der Waals surface area contributed by atoms with Crippen LogP contribution in [0.2, 0.25) is 0 Å². The predicted molar refractivity (Wildman–Crippen MR) is 104 cm³/mol. The Morgan fingerprint density at radius 3 is 2.42 bits per heavy atom. The van der Waals surface area contributed by atoms with Crippen LogP contribution < -0.4 is 10.2 Å². The van der Waals surface area contributed by atoms with Crippen molar-refractivity contribution in [2.75, 3.05) is 38.5 Å². The van der Waals surface area contributed by atoms with Crippen molar-refractivity contribution in [2.24, 2.45) is 5.92 Å². The first-order valence-electron chi connectivity index (χ1n) is 9.52. The van der Waals surface area contributed by atoms with Crippen LogP contribution in [0.5, 0.6) is 0 Å². The molecule has 1 aliphatic rings. The number of amides is 1. The van der Waals surface area contributed by atoms with Crippen LogP contribution in [0, 0.1) is 5.92 Å². The lowest BCUT2D eigenvalue weighted by Gasteiger charge is -2.26. The average molecular weight is 383 g/mol. The molecular weight excluding hydrogens is 350 g/mol. The van der Waals surface area contributed by atoms with Crippen LogP contribution in [0.25, 0.3) is 0 Å². The van der Waals surface area contributed by atoms with E-state index < -0.39 is 10.0 Å². The summed E-state index contributed by atoms with van der Waals surface area (Å²) < 4.78 is 26.4. The standard InChI is InChI=1S/C19H31N3O3S/c1-4-5-12-21(3)26(24,25)18-8-6-17(7-9-18)20-19(23)15-22-13-10-16(2)11-14-22/h6-9,16H,4-5,10-15H2,1-3H3,(H,20,23)/p+1. The fourth-order valence-electron chi connectivity index (χ4n) is 3.17. The lowest BCUT2D eigenvalue weighted by molar-refractivity contribution is -0.897. The maximum absolute atomic E-state index is 12.5. The SMILES string of the molecule is CCCCN(C)S(=O)(=O)c1ccc(NC(=O)C[NH+]2CCC(C)CC2)cc1. The van der Waals surface area contributed by atoms with Gasteiger partial charge in [-0.3, -0.25) is 4.79 Å². The van der Waals surface area contributed by atoms with Crippen molar-refractivity contribution in [3.8, 4) is 0 Å². The molecule has 1 fully saturated rings. The molecule has 7 heteroatoms. The topological polar surface area (TPSA) is 70.9 Å².